The maximum Gasteiger partial charge on any atom is 0.243 e. The predicted molar refractivity (Wildman–Crippen MR) is 72.1 cm³/mol. The summed E-state index contributed by atoms with van der Waals surface area (Å²) in [6.45, 7) is 9.48. The van der Waals surface area contributed by atoms with Gasteiger partial charge < -0.3 is 15.1 Å². The van der Waals surface area contributed by atoms with Gasteiger partial charge in [0, 0.05) is 34.2 Å². The summed E-state index contributed by atoms with van der Waals surface area (Å²) in [5.41, 5.74) is 1.05. The van der Waals surface area contributed by atoms with Gasteiger partial charge in [0.05, 0.1) is 0 Å². The summed E-state index contributed by atoms with van der Waals surface area (Å²) in [6.07, 6.45) is 0. The van der Waals surface area contributed by atoms with Gasteiger partial charge in [0.25, 0.3) is 0 Å². The molecule has 0 aromatic rings. The van der Waals surface area contributed by atoms with Crippen molar-refractivity contribution in [1.29, 1.82) is 0 Å². The van der Waals surface area contributed by atoms with Crippen LogP contribution in [0.1, 0.15) is 13.8 Å². The molecule has 0 heterocycles. The Labute approximate surface area is 104 Å². The van der Waals surface area contributed by atoms with Crippen LogP contribution in [0.25, 0.3) is 0 Å². The van der Waals surface area contributed by atoms with E-state index in [0.29, 0.717) is 0 Å². The predicted octanol–water partition coefficient (Wildman–Crippen LogP) is 0.548. The molecule has 0 aliphatic carbocycles. The monoisotopic (exact) mass is 240 g/mol. The molecule has 98 valence electrons. The third kappa shape index (κ3) is 6.60. The Bertz CT molecular complexity index is 297. The largest absolute Gasteiger partial charge is 0.357 e. The SMILES string of the molecule is C=C(C)CN(C)C(=NCC(=O)N(C)C)NCC. The van der Waals surface area contributed by atoms with Crippen molar-refractivity contribution in [2.75, 3.05) is 40.8 Å². The Balaban J connectivity index is 4.54. The fourth-order valence-corrected chi connectivity index (χ4v) is 1.23. The molecular formula is C12H24N4O. The number of carbonyl (C=O) groups is 1. The zero-order valence-corrected chi connectivity index (χ0v) is 11.6. The molecule has 0 unspecified atom stereocenters. The van der Waals surface area contributed by atoms with Crippen molar-refractivity contribution < 1.29 is 4.79 Å². The lowest BCUT2D eigenvalue weighted by Gasteiger charge is -2.22. The van der Waals surface area contributed by atoms with Gasteiger partial charge in [0.15, 0.2) is 5.96 Å². The van der Waals surface area contributed by atoms with Gasteiger partial charge in [-0.25, -0.2) is 4.99 Å². The van der Waals surface area contributed by atoms with Crippen molar-refractivity contribution >= 4 is 11.9 Å². The van der Waals surface area contributed by atoms with E-state index in [-0.39, 0.29) is 12.5 Å². The van der Waals surface area contributed by atoms with Gasteiger partial charge in [-0.15, -0.1) is 0 Å². The molecule has 0 saturated heterocycles. The summed E-state index contributed by atoms with van der Waals surface area (Å²) >= 11 is 0. The van der Waals surface area contributed by atoms with Crippen molar-refractivity contribution in [3.63, 3.8) is 0 Å². The van der Waals surface area contributed by atoms with Crippen LogP contribution in [0.2, 0.25) is 0 Å². The Hall–Kier alpha value is -1.52. The lowest BCUT2D eigenvalue weighted by molar-refractivity contribution is -0.127. The standard InChI is InChI=1S/C12H24N4O/c1-7-13-12(16(6)9-10(2)3)14-8-11(17)15(4)5/h2,7-9H2,1,3-6H3,(H,13,14). The minimum Gasteiger partial charge on any atom is -0.357 e. The van der Waals surface area contributed by atoms with Crippen LogP contribution in [0.4, 0.5) is 0 Å². The number of hydrogen-bond donors (Lipinski definition) is 1. The highest BCUT2D eigenvalue weighted by Gasteiger charge is 2.07. The van der Waals surface area contributed by atoms with Gasteiger partial charge in [0.1, 0.15) is 6.54 Å². The van der Waals surface area contributed by atoms with Crippen LogP contribution in [0.15, 0.2) is 17.1 Å². The van der Waals surface area contributed by atoms with E-state index in [4.69, 9.17) is 0 Å². The van der Waals surface area contributed by atoms with Gasteiger partial charge >= 0.3 is 0 Å². The summed E-state index contributed by atoms with van der Waals surface area (Å²) in [5, 5.41) is 3.15. The topological polar surface area (TPSA) is 47.9 Å². The zero-order valence-electron chi connectivity index (χ0n) is 11.6. The maximum atomic E-state index is 11.5. The number of rotatable bonds is 5. The highest BCUT2D eigenvalue weighted by Crippen LogP contribution is 1.94. The molecule has 0 aliphatic heterocycles. The zero-order chi connectivity index (χ0) is 13.4. The molecule has 0 aromatic carbocycles. The van der Waals surface area contributed by atoms with Crippen molar-refractivity contribution in [1.82, 2.24) is 15.1 Å². The van der Waals surface area contributed by atoms with Crippen LogP contribution in [0.3, 0.4) is 0 Å². The van der Waals surface area contributed by atoms with Gasteiger partial charge in [0.2, 0.25) is 5.91 Å². The van der Waals surface area contributed by atoms with E-state index < -0.39 is 0 Å². The minimum absolute atomic E-state index is 0.0101. The molecule has 1 amide bonds. The second-order valence-electron chi connectivity index (χ2n) is 4.27. The van der Waals surface area contributed by atoms with E-state index >= 15 is 0 Å². The van der Waals surface area contributed by atoms with Gasteiger partial charge in [-0.05, 0) is 13.8 Å². The first-order valence-corrected chi connectivity index (χ1v) is 5.72. The second kappa shape index (κ2) is 7.70. The van der Waals surface area contributed by atoms with E-state index in [1.807, 2.05) is 25.8 Å². The van der Waals surface area contributed by atoms with Crippen LogP contribution < -0.4 is 5.32 Å². The number of nitrogens with zero attached hydrogens (tertiary/aromatic N) is 3. The third-order valence-electron chi connectivity index (χ3n) is 2.07. The second-order valence-corrected chi connectivity index (χ2v) is 4.27. The van der Waals surface area contributed by atoms with Crippen molar-refractivity contribution in [3.05, 3.63) is 12.2 Å². The van der Waals surface area contributed by atoms with E-state index in [1.54, 1.807) is 14.1 Å². The van der Waals surface area contributed by atoms with E-state index in [0.717, 1.165) is 24.6 Å². The fraction of sp³-hybridized carbons (Fsp3) is 0.667. The Kier molecular flexibility index (Phi) is 7.02. The molecule has 0 spiro atoms. The van der Waals surface area contributed by atoms with Crippen molar-refractivity contribution in [2.45, 2.75) is 13.8 Å². The van der Waals surface area contributed by atoms with Gasteiger partial charge in [-0.1, -0.05) is 12.2 Å². The molecule has 17 heavy (non-hydrogen) atoms. The molecular weight excluding hydrogens is 216 g/mol. The summed E-state index contributed by atoms with van der Waals surface area (Å²) in [6, 6.07) is 0. The van der Waals surface area contributed by atoms with E-state index in [2.05, 4.69) is 16.9 Å². The lowest BCUT2D eigenvalue weighted by atomic mass is 10.3. The van der Waals surface area contributed by atoms with Crippen molar-refractivity contribution in [3.8, 4) is 0 Å². The molecule has 0 atom stereocenters. The summed E-state index contributed by atoms with van der Waals surface area (Å²) in [4.78, 5) is 19.2. The average Bonchev–Trinajstić information content (AvgIpc) is 2.22. The molecule has 0 saturated carbocycles. The average molecular weight is 240 g/mol. The molecule has 5 nitrogen and oxygen atoms in total. The van der Waals surface area contributed by atoms with Crippen molar-refractivity contribution in [2.24, 2.45) is 4.99 Å². The summed E-state index contributed by atoms with van der Waals surface area (Å²) in [7, 11) is 5.38. The number of hydrogen-bond acceptors (Lipinski definition) is 2. The third-order valence-corrected chi connectivity index (χ3v) is 2.07. The molecule has 0 rings (SSSR count). The fourth-order valence-electron chi connectivity index (χ4n) is 1.23. The number of carbonyl (C=O) groups excluding carboxylic acids is 1. The highest BCUT2D eigenvalue weighted by atomic mass is 16.2. The summed E-state index contributed by atoms with van der Waals surface area (Å²) < 4.78 is 0. The number of likely N-dealkylation sites (N-methyl/N-ethyl adjacent to an activating group) is 2. The molecule has 0 bridgehead atoms. The minimum atomic E-state index is -0.0101. The van der Waals surface area contributed by atoms with Gasteiger partial charge in [-0.3, -0.25) is 4.79 Å². The normalized spacial score (nSPS) is 11.0. The quantitative estimate of drug-likeness (QED) is 0.434. The number of amides is 1. The Morgan fingerprint density at radius 2 is 1.94 bits per heavy atom. The molecule has 5 heteroatoms. The van der Waals surface area contributed by atoms with Gasteiger partial charge in [-0.2, -0.15) is 0 Å². The highest BCUT2D eigenvalue weighted by molar-refractivity contribution is 5.84. The molecule has 0 aliphatic rings. The molecule has 0 aromatic heterocycles. The first kappa shape index (κ1) is 15.5. The molecule has 0 fully saturated rings. The van der Waals surface area contributed by atoms with Crippen LogP contribution in [-0.4, -0.2) is 62.4 Å². The van der Waals surface area contributed by atoms with Crippen LogP contribution in [0.5, 0.6) is 0 Å². The van der Waals surface area contributed by atoms with Crippen LogP contribution in [-0.2, 0) is 4.79 Å². The van der Waals surface area contributed by atoms with E-state index in [1.165, 1.54) is 4.90 Å². The first-order chi connectivity index (χ1) is 7.88. The number of aliphatic imine (C=N–C) groups is 1. The molecule has 0 radical (unpaired) electrons. The van der Waals surface area contributed by atoms with Crippen LogP contribution >= 0.6 is 0 Å². The Morgan fingerprint density at radius 3 is 2.35 bits per heavy atom. The van der Waals surface area contributed by atoms with Crippen LogP contribution in [0, 0.1) is 0 Å². The lowest BCUT2D eigenvalue weighted by Crippen LogP contribution is -2.40. The Morgan fingerprint density at radius 1 is 1.35 bits per heavy atom. The summed E-state index contributed by atoms with van der Waals surface area (Å²) in [5.74, 6) is 0.717. The molecule has 1 N–H and O–H groups in total. The maximum absolute atomic E-state index is 11.5. The van der Waals surface area contributed by atoms with E-state index in [9.17, 15) is 4.79 Å². The first-order valence-electron chi connectivity index (χ1n) is 5.72. The smallest absolute Gasteiger partial charge is 0.243 e. The number of guanidine groups is 1. The number of nitrogens with one attached hydrogen (secondary N) is 1.